The molecule has 24 heavy (non-hydrogen) atoms. The number of aryl methyl sites for hydroxylation is 1. The number of nitrogens with zero attached hydrogens (tertiary/aromatic N) is 1. The van der Waals surface area contributed by atoms with Crippen LogP contribution in [0.4, 0.5) is 0 Å². The number of carboxylic acid groups (broad SMARTS) is 1. The molecule has 0 unspecified atom stereocenters. The van der Waals surface area contributed by atoms with Gasteiger partial charge in [-0.1, -0.05) is 0 Å². The molecule has 0 bridgehead atoms. The summed E-state index contributed by atoms with van der Waals surface area (Å²) in [6.07, 6.45) is 0.0534. The van der Waals surface area contributed by atoms with E-state index in [9.17, 15) is 9.59 Å². The van der Waals surface area contributed by atoms with Crippen molar-refractivity contribution in [1.82, 2.24) is 10.3 Å². The van der Waals surface area contributed by atoms with Crippen LogP contribution in [0.2, 0.25) is 0 Å². The fourth-order valence-corrected chi connectivity index (χ4v) is 2.92. The predicted molar refractivity (Wildman–Crippen MR) is 89.1 cm³/mol. The summed E-state index contributed by atoms with van der Waals surface area (Å²) in [5.74, 6) is -0.731. The Hall–Kier alpha value is -2.45. The summed E-state index contributed by atoms with van der Waals surface area (Å²) in [5, 5.41) is 13.5. The molecule has 0 fully saturated rings. The molecule has 2 N–H and O–H groups in total. The number of aromatic nitrogens is 1. The molecule has 2 aromatic rings. The van der Waals surface area contributed by atoms with Gasteiger partial charge in [-0.05, 0) is 30.7 Å². The highest BCUT2D eigenvalue weighted by Crippen LogP contribution is 2.29. The van der Waals surface area contributed by atoms with E-state index < -0.39 is 12.5 Å². The van der Waals surface area contributed by atoms with E-state index in [0.717, 1.165) is 16.1 Å². The second-order valence-electron chi connectivity index (χ2n) is 5.02. The van der Waals surface area contributed by atoms with Crippen LogP contribution < -0.4 is 10.1 Å². The Labute approximate surface area is 143 Å². The molecule has 1 aromatic carbocycles. The number of carboxylic acids is 1. The zero-order chi connectivity index (χ0) is 17.5. The molecule has 0 aliphatic heterocycles. The molecule has 0 aliphatic carbocycles. The van der Waals surface area contributed by atoms with Gasteiger partial charge < -0.3 is 19.9 Å². The molecule has 8 heteroatoms. The quantitative estimate of drug-likeness (QED) is 0.705. The van der Waals surface area contributed by atoms with Crippen molar-refractivity contribution in [3.63, 3.8) is 0 Å². The van der Waals surface area contributed by atoms with Crippen molar-refractivity contribution >= 4 is 23.2 Å². The zero-order valence-electron chi connectivity index (χ0n) is 13.4. The lowest BCUT2D eigenvalue weighted by atomic mass is 10.1. The Kier molecular flexibility index (Phi) is 6.28. The van der Waals surface area contributed by atoms with Gasteiger partial charge in [0.05, 0.1) is 12.1 Å². The van der Waals surface area contributed by atoms with Crippen molar-refractivity contribution in [2.45, 2.75) is 13.3 Å². The van der Waals surface area contributed by atoms with Crippen LogP contribution >= 0.6 is 11.3 Å². The Balaban J connectivity index is 2.04. The molecule has 0 saturated carbocycles. The SMILES string of the molecule is COCOc1ccc(-c2nc(CC(=O)NCC(=O)O)cs2)c(C)c1. The number of methoxy groups -OCH3 is 1. The molecule has 1 heterocycles. The Bertz CT molecular complexity index is 729. The summed E-state index contributed by atoms with van der Waals surface area (Å²) in [4.78, 5) is 26.5. The predicted octanol–water partition coefficient (Wildman–Crippen LogP) is 1.84. The summed E-state index contributed by atoms with van der Waals surface area (Å²) in [5.41, 5.74) is 2.57. The fourth-order valence-electron chi connectivity index (χ4n) is 2.01. The standard InChI is InChI=1S/C16H18N2O5S/c1-10-5-12(23-9-22-2)3-4-13(10)16-18-11(8-24-16)6-14(19)17-7-15(20)21/h3-5,8H,6-7,9H2,1-2H3,(H,17,19)(H,20,21). The van der Waals surface area contributed by atoms with E-state index in [4.69, 9.17) is 14.6 Å². The first-order chi connectivity index (χ1) is 11.5. The summed E-state index contributed by atoms with van der Waals surface area (Å²) in [7, 11) is 1.56. The number of hydrogen-bond donors (Lipinski definition) is 2. The number of thiazole rings is 1. The largest absolute Gasteiger partial charge is 0.480 e. The Morgan fingerprint density at radius 1 is 1.38 bits per heavy atom. The molecule has 7 nitrogen and oxygen atoms in total. The van der Waals surface area contributed by atoms with Gasteiger partial charge in [-0.2, -0.15) is 0 Å². The third-order valence-corrected chi connectivity index (χ3v) is 4.03. The monoisotopic (exact) mass is 350 g/mol. The second kappa shape index (κ2) is 8.42. The first-order valence-electron chi connectivity index (χ1n) is 7.15. The maximum atomic E-state index is 11.6. The molecule has 1 amide bonds. The van der Waals surface area contributed by atoms with Crippen molar-refractivity contribution in [3.05, 3.63) is 34.8 Å². The summed E-state index contributed by atoms with van der Waals surface area (Å²) in [6, 6.07) is 5.64. The molecule has 2 rings (SSSR count). The zero-order valence-corrected chi connectivity index (χ0v) is 14.2. The van der Waals surface area contributed by atoms with Gasteiger partial charge in [0.25, 0.3) is 0 Å². The van der Waals surface area contributed by atoms with Gasteiger partial charge in [0.1, 0.15) is 17.3 Å². The van der Waals surface area contributed by atoms with Gasteiger partial charge >= 0.3 is 5.97 Å². The average Bonchev–Trinajstić information content (AvgIpc) is 2.99. The molecule has 0 saturated heterocycles. The number of amides is 1. The van der Waals surface area contributed by atoms with E-state index in [1.54, 1.807) is 12.5 Å². The number of benzene rings is 1. The lowest BCUT2D eigenvalue weighted by Crippen LogP contribution is -2.30. The molecule has 0 spiro atoms. The average molecular weight is 350 g/mol. The maximum Gasteiger partial charge on any atom is 0.322 e. The molecule has 0 atom stereocenters. The number of nitrogens with one attached hydrogen (secondary N) is 1. The van der Waals surface area contributed by atoms with Gasteiger partial charge in [-0.15, -0.1) is 11.3 Å². The Morgan fingerprint density at radius 2 is 2.17 bits per heavy atom. The summed E-state index contributed by atoms with van der Waals surface area (Å²) < 4.78 is 10.3. The van der Waals surface area contributed by atoms with Crippen LogP contribution in [0.25, 0.3) is 10.6 Å². The molecular weight excluding hydrogens is 332 g/mol. The van der Waals surface area contributed by atoms with Crippen LogP contribution in [0.5, 0.6) is 5.75 Å². The van der Waals surface area contributed by atoms with Crippen molar-refractivity contribution < 1.29 is 24.2 Å². The van der Waals surface area contributed by atoms with Crippen LogP contribution in [0, 0.1) is 6.92 Å². The normalized spacial score (nSPS) is 10.4. The number of aliphatic carboxylic acids is 1. The number of rotatable bonds is 8. The highest BCUT2D eigenvalue weighted by Gasteiger charge is 2.12. The number of hydrogen-bond acceptors (Lipinski definition) is 6. The van der Waals surface area contributed by atoms with Crippen LogP contribution in [0.3, 0.4) is 0 Å². The van der Waals surface area contributed by atoms with Crippen LogP contribution in [0.15, 0.2) is 23.6 Å². The van der Waals surface area contributed by atoms with E-state index >= 15 is 0 Å². The third kappa shape index (κ3) is 5.04. The van der Waals surface area contributed by atoms with Crippen molar-refractivity contribution in [3.8, 4) is 16.3 Å². The Morgan fingerprint density at radius 3 is 2.83 bits per heavy atom. The van der Waals surface area contributed by atoms with Crippen molar-refractivity contribution in [2.24, 2.45) is 0 Å². The van der Waals surface area contributed by atoms with Crippen LogP contribution in [-0.4, -0.2) is 42.4 Å². The first-order valence-corrected chi connectivity index (χ1v) is 8.03. The van der Waals surface area contributed by atoms with E-state index in [0.29, 0.717) is 11.4 Å². The highest BCUT2D eigenvalue weighted by atomic mass is 32.1. The van der Waals surface area contributed by atoms with Crippen LogP contribution in [0.1, 0.15) is 11.3 Å². The van der Waals surface area contributed by atoms with Gasteiger partial charge in [0, 0.05) is 18.1 Å². The minimum absolute atomic E-state index is 0.0534. The number of carbonyl (C=O) groups is 2. The number of ether oxygens (including phenoxy) is 2. The minimum atomic E-state index is -1.08. The molecule has 0 radical (unpaired) electrons. The van der Waals surface area contributed by atoms with Gasteiger partial charge in [0.15, 0.2) is 6.79 Å². The third-order valence-electron chi connectivity index (χ3n) is 3.10. The first kappa shape index (κ1) is 17.9. The second-order valence-corrected chi connectivity index (χ2v) is 5.88. The van der Waals surface area contributed by atoms with E-state index in [1.165, 1.54) is 11.3 Å². The minimum Gasteiger partial charge on any atom is -0.480 e. The highest BCUT2D eigenvalue weighted by molar-refractivity contribution is 7.13. The van der Waals surface area contributed by atoms with E-state index in [1.807, 2.05) is 25.1 Å². The van der Waals surface area contributed by atoms with Crippen molar-refractivity contribution in [1.29, 1.82) is 0 Å². The van der Waals surface area contributed by atoms with Gasteiger partial charge in [-0.3, -0.25) is 9.59 Å². The molecular formula is C16H18N2O5S. The van der Waals surface area contributed by atoms with Gasteiger partial charge in [0.2, 0.25) is 5.91 Å². The van der Waals surface area contributed by atoms with Crippen molar-refractivity contribution in [2.75, 3.05) is 20.4 Å². The lowest BCUT2D eigenvalue weighted by Gasteiger charge is -2.08. The van der Waals surface area contributed by atoms with E-state index in [2.05, 4.69) is 10.3 Å². The lowest BCUT2D eigenvalue weighted by molar-refractivity contribution is -0.137. The fraction of sp³-hybridized carbons (Fsp3) is 0.312. The molecule has 0 aliphatic rings. The van der Waals surface area contributed by atoms with E-state index in [-0.39, 0.29) is 19.1 Å². The maximum absolute atomic E-state index is 11.6. The topological polar surface area (TPSA) is 97.8 Å². The van der Waals surface area contributed by atoms with Crippen LogP contribution in [-0.2, 0) is 20.7 Å². The molecule has 128 valence electrons. The summed E-state index contributed by atoms with van der Waals surface area (Å²) >= 11 is 1.43. The summed E-state index contributed by atoms with van der Waals surface area (Å²) in [6.45, 7) is 1.75. The van der Waals surface area contributed by atoms with Gasteiger partial charge in [-0.25, -0.2) is 4.98 Å². The molecule has 1 aromatic heterocycles. The smallest absolute Gasteiger partial charge is 0.322 e. The number of carbonyl (C=O) groups excluding carboxylic acids is 1.